The van der Waals surface area contributed by atoms with Crippen LogP contribution in [0.2, 0.25) is 5.02 Å². The van der Waals surface area contributed by atoms with Crippen molar-refractivity contribution in [3.63, 3.8) is 0 Å². The molecule has 2 N–H and O–H groups in total. The van der Waals surface area contributed by atoms with Gasteiger partial charge in [0.25, 0.3) is 5.91 Å². The van der Waals surface area contributed by atoms with E-state index in [9.17, 15) is 4.79 Å². The Morgan fingerprint density at radius 3 is 2.45 bits per heavy atom. The van der Waals surface area contributed by atoms with Crippen molar-refractivity contribution in [2.45, 2.75) is 19.5 Å². The summed E-state index contributed by atoms with van der Waals surface area (Å²) >= 11 is 6.01. The molecule has 3 nitrogen and oxygen atoms in total. The number of hydrogen-bond donors (Lipinski definition) is 2. The highest BCUT2D eigenvalue weighted by Crippen LogP contribution is 2.32. The third kappa shape index (κ3) is 2.14. The predicted octanol–water partition coefficient (Wildman–Crippen LogP) is 3.68. The average Bonchev–Trinajstić information content (AvgIpc) is 2.38. The van der Waals surface area contributed by atoms with Gasteiger partial charge in [-0.25, -0.2) is 0 Å². The van der Waals surface area contributed by atoms with Crippen LogP contribution >= 0.6 is 11.6 Å². The molecule has 0 radical (unpaired) electrons. The van der Waals surface area contributed by atoms with E-state index < -0.39 is 5.66 Å². The molecule has 1 unspecified atom stereocenters. The van der Waals surface area contributed by atoms with Crippen LogP contribution in [0.3, 0.4) is 0 Å². The number of fused-ring (bicyclic) bond motifs is 1. The maximum absolute atomic E-state index is 12.3. The Hall–Kier alpha value is -2.00. The Morgan fingerprint density at radius 1 is 1.05 bits per heavy atom. The molecular formula is C16H15ClN2O. The standard InChI is InChI=1S/C16H15ClN2O/c1-10-3-5-11(6-4-10)16(2)18-14-9-12(17)7-8-13(14)15(20)19-16/h3-9,18H,1-2H3,(H,19,20). The Labute approximate surface area is 123 Å². The van der Waals surface area contributed by atoms with Gasteiger partial charge in [-0.2, -0.15) is 0 Å². The fourth-order valence-electron chi connectivity index (χ4n) is 2.44. The van der Waals surface area contributed by atoms with E-state index in [1.807, 2.05) is 38.1 Å². The highest BCUT2D eigenvalue weighted by Gasteiger charge is 2.34. The van der Waals surface area contributed by atoms with Gasteiger partial charge in [-0.1, -0.05) is 41.4 Å². The fraction of sp³-hybridized carbons (Fsp3) is 0.188. The van der Waals surface area contributed by atoms with E-state index in [0.717, 1.165) is 11.3 Å². The lowest BCUT2D eigenvalue weighted by atomic mass is 9.95. The van der Waals surface area contributed by atoms with Crippen molar-refractivity contribution < 1.29 is 4.79 Å². The summed E-state index contributed by atoms with van der Waals surface area (Å²) in [4.78, 5) is 12.3. The smallest absolute Gasteiger partial charge is 0.255 e. The van der Waals surface area contributed by atoms with Crippen molar-refractivity contribution in [2.24, 2.45) is 0 Å². The van der Waals surface area contributed by atoms with E-state index in [0.29, 0.717) is 10.6 Å². The summed E-state index contributed by atoms with van der Waals surface area (Å²) in [5.74, 6) is -0.0986. The fourth-order valence-corrected chi connectivity index (χ4v) is 2.62. The molecule has 1 aliphatic heterocycles. The summed E-state index contributed by atoms with van der Waals surface area (Å²) in [6.45, 7) is 3.98. The third-order valence-electron chi connectivity index (χ3n) is 3.60. The minimum Gasteiger partial charge on any atom is -0.359 e. The van der Waals surface area contributed by atoms with E-state index in [1.165, 1.54) is 5.56 Å². The van der Waals surface area contributed by atoms with Gasteiger partial charge >= 0.3 is 0 Å². The molecule has 4 heteroatoms. The lowest BCUT2D eigenvalue weighted by Gasteiger charge is -2.38. The van der Waals surface area contributed by atoms with E-state index >= 15 is 0 Å². The molecule has 0 bridgehead atoms. The van der Waals surface area contributed by atoms with Crippen LogP contribution in [-0.2, 0) is 5.66 Å². The number of nitrogens with one attached hydrogen (secondary N) is 2. The molecule has 3 rings (SSSR count). The van der Waals surface area contributed by atoms with E-state index in [-0.39, 0.29) is 5.91 Å². The number of carbonyl (C=O) groups excluding carboxylic acids is 1. The molecule has 2 aromatic carbocycles. The first kappa shape index (κ1) is 13.0. The quantitative estimate of drug-likeness (QED) is 0.840. The number of rotatable bonds is 1. The molecule has 0 saturated carbocycles. The van der Waals surface area contributed by atoms with E-state index in [4.69, 9.17) is 11.6 Å². The van der Waals surface area contributed by atoms with Crippen LogP contribution in [0.15, 0.2) is 42.5 Å². The van der Waals surface area contributed by atoms with Gasteiger partial charge in [-0.3, -0.25) is 4.79 Å². The summed E-state index contributed by atoms with van der Waals surface area (Å²) in [5, 5.41) is 6.98. The zero-order valence-electron chi connectivity index (χ0n) is 11.3. The minimum absolute atomic E-state index is 0.0986. The molecule has 0 saturated heterocycles. The van der Waals surface area contributed by atoms with E-state index in [1.54, 1.807) is 18.2 Å². The Kier molecular flexibility index (Phi) is 2.94. The number of carbonyl (C=O) groups is 1. The Bertz CT molecular complexity index is 681. The molecule has 0 aliphatic carbocycles. The van der Waals surface area contributed by atoms with Crippen molar-refractivity contribution in [1.29, 1.82) is 0 Å². The average molecular weight is 287 g/mol. The molecule has 0 fully saturated rings. The zero-order chi connectivity index (χ0) is 14.3. The highest BCUT2D eigenvalue weighted by atomic mass is 35.5. The van der Waals surface area contributed by atoms with Gasteiger partial charge in [0, 0.05) is 5.02 Å². The van der Waals surface area contributed by atoms with Crippen LogP contribution in [0.4, 0.5) is 5.69 Å². The number of hydrogen-bond acceptors (Lipinski definition) is 2. The summed E-state index contributed by atoms with van der Waals surface area (Å²) in [5.41, 5.74) is 2.91. The summed E-state index contributed by atoms with van der Waals surface area (Å²) < 4.78 is 0. The Morgan fingerprint density at radius 2 is 1.75 bits per heavy atom. The van der Waals surface area contributed by atoms with Crippen molar-refractivity contribution >= 4 is 23.2 Å². The van der Waals surface area contributed by atoms with Gasteiger partial charge in [-0.15, -0.1) is 0 Å². The van der Waals surface area contributed by atoms with Crippen LogP contribution in [0.1, 0.15) is 28.4 Å². The monoisotopic (exact) mass is 286 g/mol. The van der Waals surface area contributed by atoms with Crippen LogP contribution in [0, 0.1) is 6.92 Å². The van der Waals surface area contributed by atoms with Gasteiger partial charge in [0.15, 0.2) is 0 Å². The minimum atomic E-state index is -0.636. The lowest BCUT2D eigenvalue weighted by molar-refractivity contribution is 0.0906. The third-order valence-corrected chi connectivity index (χ3v) is 3.84. The molecule has 1 amide bonds. The first-order chi connectivity index (χ1) is 9.48. The van der Waals surface area contributed by atoms with Gasteiger partial charge in [0.1, 0.15) is 5.66 Å². The zero-order valence-corrected chi connectivity index (χ0v) is 12.1. The van der Waals surface area contributed by atoms with Gasteiger partial charge < -0.3 is 10.6 Å². The maximum Gasteiger partial charge on any atom is 0.255 e. The topological polar surface area (TPSA) is 41.1 Å². The number of benzene rings is 2. The predicted molar refractivity (Wildman–Crippen MR) is 81.1 cm³/mol. The second-order valence-corrected chi connectivity index (χ2v) is 5.70. The Balaban J connectivity index is 2.05. The van der Waals surface area contributed by atoms with Crippen LogP contribution in [0.5, 0.6) is 0 Å². The summed E-state index contributed by atoms with van der Waals surface area (Å²) in [6.07, 6.45) is 0. The molecule has 1 atom stereocenters. The molecule has 20 heavy (non-hydrogen) atoms. The van der Waals surface area contributed by atoms with Crippen LogP contribution in [-0.4, -0.2) is 5.91 Å². The summed E-state index contributed by atoms with van der Waals surface area (Å²) in [6, 6.07) is 13.3. The normalized spacial score (nSPS) is 20.9. The molecule has 2 aromatic rings. The van der Waals surface area contributed by atoms with Crippen molar-refractivity contribution in [2.75, 3.05) is 5.32 Å². The SMILES string of the molecule is Cc1ccc(C2(C)NC(=O)c3ccc(Cl)cc3N2)cc1. The molecule has 0 spiro atoms. The van der Waals surface area contributed by atoms with Crippen molar-refractivity contribution in [3.8, 4) is 0 Å². The first-order valence-electron chi connectivity index (χ1n) is 6.45. The van der Waals surface area contributed by atoms with Gasteiger partial charge in [-0.05, 0) is 37.6 Å². The number of amides is 1. The van der Waals surface area contributed by atoms with E-state index in [2.05, 4.69) is 10.6 Å². The first-order valence-corrected chi connectivity index (χ1v) is 6.83. The molecular weight excluding hydrogens is 272 g/mol. The van der Waals surface area contributed by atoms with Crippen LogP contribution < -0.4 is 10.6 Å². The molecule has 0 aromatic heterocycles. The second-order valence-electron chi connectivity index (χ2n) is 5.26. The van der Waals surface area contributed by atoms with Crippen molar-refractivity contribution in [3.05, 3.63) is 64.2 Å². The van der Waals surface area contributed by atoms with Crippen molar-refractivity contribution in [1.82, 2.24) is 5.32 Å². The maximum atomic E-state index is 12.3. The second kappa shape index (κ2) is 4.53. The van der Waals surface area contributed by atoms with Crippen LogP contribution in [0.25, 0.3) is 0 Å². The lowest BCUT2D eigenvalue weighted by Crippen LogP contribution is -2.52. The van der Waals surface area contributed by atoms with Gasteiger partial charge in [0.05, 0.1) is 11.3 Å². The molecule has 102 valence electrons. The molecule has 1 heterocycles. The number of aryl methyl sites for hydroxylation is 1. The molecule has 1 aliphatic rings. The number of anilines is 1. The highest BCUT2D eigenvalue weighted by molar-refractivity contribution is 6.31. The number of halogens is 1. The largest absolute Gasteiger partial charge is 0.359 e. The summed E-state index contributed by atoms with van der Waals surface area (Å²) in [7, 11) is 0. The van der Waals surface area contributed by atoms with Gasteiger partial charge in [0.2, 0.25) is 0 Å².